The minimum Gasteiger partial charge on any atom is -0.407 e. The molecule has 0 spiro atoms. The molecule has 2 saturated heterocycles. The Labute approximate surface area is 481 Å². The zero-order valence-corrected chi connectivity index (χ0v) is 51.3. The zero-order chi connectivity index (χ0) is 60.1. The number of ether oxygens (including phenoxy) is 2. The first-order chi connectivity index (χ1) is 39.2. The van der Waals surface area contributed by atoms with Crippen LogP contribution in [-0.2, 0) is 50.1 Å². The predicted octanol–water partition coefficient (Wildman–Crippen LogP) is 8.59. The summed E-state index contributed by atoms with van der Waals surface area (Å²) in [7, 11) is -16.0. The van der Waals surface area contributed by atoms with E-state index in [4.69, 9.17) is 40.9 Å². The summed E-state index contributed by atoms with van der Waals surface area (Å²) >= 11 is 0. The molecule has 31 heteroatoms. The molecule has 0 saturated carbocycles. The summed E-state index contributed by atoms with van der Waals surface area (Å²) in [5, 5.41) is 34.7. The van der Waals surface area contributed by atoms with Gasteiger partial charge in [0, 0.05) is 11.1 Å². The van der Waals surface area contributed by atoms with Crippen molar-refractivity contribution in [3.05, 3.63) is 97.1 Å². The van der Waals surface area contributed by atoms with Crippen molar-refractivity contribution in [3.8, 4) is 12.1 Å². The Bertz CT molecular complexity index is 3450. The number of benzene rings is 2. The number of aliphatic hydroxyl groups excluding tert-OH is 1. The summed E-state index contributed by atoms with van der Waals surface area (Å²) in [6.07, 6.45) is -6.36. The normalized spacial score (nSPS) is 22.9. The minimum absolute atomic E-state index is 0.0511. The van der Waals surface area contributed by atoms with E-state index in [1.807, 2.05) is 79.9 Å². The molecule has 2 fully saturated rings. The maximum atomic E-state index is 15.6. The highest BCUT2D eigenvalue weighted by atomic mass is 31.2. The van der Waals surface area contributed by atoms with Gasteiger partial charge in [-0.2, -0.15) is 10.5 Å². The van der Waals surface area contributed by atoms with Gasteiger partial charge in [0.2, 0.25) is 0 Å². The van der Waals surface area contributed by atoms with Crippen molar-refractivity contribution in [2.75, 3.05) is 37.1 Å². The lowest BCUT2D eigenvalue weighted by molar-refractivity contribution is -0.0602. The number of nitrogens with one attached hydrogen (secondary N) is 2. The molecule has 83 heavy (non-hydrogen) atoms. The molecule has 0 bridgehead atoms. The molecule has 6 aromatic rings. The predicted molar refractivity (Wildman–Crippen MR) is 304 cm³/mol. The number of nitriles is 2. The second-order valence-corrected chi connectivity index (χ2v) is 35.1. The first kappa shape index (κ1) is 62.9. The van der Waals surface area contributed by atoms with Gasteiger partial charge in [-0.1, -0.05) is 77.9 Å². The molecular weight excluding hydrogens is 1150 g/mol. The van der Waals surface area contributed by atoms with E-state index >= 15 is 4.57 Å². The largest absolute Gasteiger partial charge is 0.475 e. The lowest BCUT2D eigenvalue weighted by Crippen LogP contribution is -2.49. The number of hydrogen-bond donors (Lipinski definition) is 4. The van der Waals surface area contributed by atoms with E-state index in [0.717, 1.165) is 0 Å². The summed E-state index contributed by atoms with van der Waals surface area (Å²) in [4.78, 5) is 64.7. The summed E-state index contributed by atoms with van der Waals surface area (Å²) < 4.78 is 89.8. The zero-order valence-electron chi connectivity index (χ0n) is 47.5. The lowest BCUT2D eigenvalue weighted by atomic mass is 10.1. The Kier molecular flexibility index (Phi) is 19.4. The molecular formula is C52H68N12O15P2Si2. The van der Waals surface area contributed by atoms with Crippen molar-refractivity contribution in [2.45, 2.75) is 140 Å². The number of rotatable bonds is 24. The van der Waals surface area contributed by atoms with Gasteiger partial charge >= 0.3 is 15.6 Å². The fourth-order valence-corrected chi connectivity index (χ4v) is 13.4. The van der Waals surface area contributed by atoms with E-state index < -0.39 is 130 Å². The Morgan fingerprint density at radius 3 is 1.51 bits per heavy atom. The Hall–Kier alpha value is -6.09. The van der Waals surface area contributed by atoms with Crippen LogP contribution in [0.3, 0.4) is 0 Å². The van der Waals surface area contributed by atoms with Gasteiger partial charge in [-0.05, 0) is 60.5 Å². The molecule has 2 aliphatic heterocycles. The van der Waals surface area contributed by atoms with Gasteiger partial charge in [-0.25, -0.2) is 39.0 Å². The first-order valence-electron chi connectivity index (χ1n) is 26.5. The number of aromatic nitrogens is 8. The van der Waals surface area contributed by atoms with Crippen LogP contribution >= 0.6 is 15.6 Å². The number of hydrogen-bond acceptors (Lipinski definition) is 22. The molecule has 2 amide bonds. The van der Waals surface area contributed by atoms with E-state index in [-0.39, 0.29) is 46.8 Å². The van der Waals surface area contributed by atoms with Crippen LogP contribution in [0.1, 0.15) is 87.6 Å². The van der Waals surface area contributed by atoms with Crippen LogP contribution < -0.4 is 10.6 Å². The van der Waals surface area contributed by atoms with E-state index in [2.05, 4.69) is 40.5 Å². The van der Waals surface area contributed by atoms with Gasteiger partial charge in [0.15, 0.2) is 63.1 Å². The van der Waals surface area contributed by atoms with Gasteiger partial charge in [-0.3, -0.25) is 41.3 Å². The second kappa shape index (κ2) is 25.6. The number of amides is 2. The van der Waals surface area contributed by atoms with Crippen molar-refractivity contribution >= 4 is 78.1 Å². The van der Waals surface area contributed by atoms with E-state index in [1.54, 1.807) is 60.7 Å². The van der Waals surface area contributed by atoms with Crippen LogP contribution in [0.15, 0.2) is 86.0 Å². The SMILES string of the molecule is CC(C)(C)[Si](C)(C)O[C@@H]1[C@H](OP(=O)(O)OCCC#N)[C@@H](COP(=O)(OCCC#N)O[C@@H]2[C@H](O[Si](C)(C)C(C)(C)C)[C@@H](n3cnc4c(NC(=O)c5ccccc5)ncnc43)O[C@H]2CO)O[C@H]1n1cnc2c(NC(=O)c3ccccc3)ncnc21. The highest BCUT2D eigenvalue weighted by Gasteiger charge is 2.57. The van der Waals surface area contributed by atoms with E-state index in [0.29, 0.717) is 11.1 Å². The quantitative estimate of drug-likeness (QED) is 0.0250. The maximum Gasteiger partial charge on any atom is 0.475 e. The monoisotopic (exact) mass is 1220 g/mol. The highest BCUT2D eigenvalue weighted by Crippen LogP contribution is 2.57. The molecule has 8 rings (SSSR count). The molecule has 10 atom stereocenters. The van der Waals surface area contributed by atoms with E-state index in [1.165, 1.54) is 34.4 Å². The minimum atomic E-state index is -5.11. The number of anilines is 2. The third-order valence-electron chi connectivity index (χ3n) is 14.9. The molecule has 444 valence electrons. The van der Waals surface area contributed by atoms with Crippen molar-refractivity contribution in [1.82, 2.24) is 39.0 Å². The Balaban J connectivity index is 1.17. The molecule has 2 aromatic carbocycles. The third kappa shape index (κ3) is 14.4. The number of phosphoric ester groups is 2. The molecule has 4 aromatic heterocycles. The number of imidazole rings is 2. The van der Waals surface area contributed by atoms with E-state index in [9.17, 15) is 34.7 Å². The molecule has 2 aliphatic rings. The van der Waals surface area contributed by atoms with Crippen molar-refractivity contribution < 1.29 is 69.7 Å². The maximum absolute atomic E-state index is 15.6. The van der Waals surface area contributed by atoms with Crippen LogP contribution in [-0.4, -0.2) is 141 Å². The fourth-order valence-electron chi connectivity index (χ4n) is 8.49. The van der Waals surface area contributed by atoms with Gasteiger partial charge in [0.1, 0.15) is 49.3 Å². The molecule has 6 heterocycles. The molecule has 0 radical (unpaired) electrons. The number of nitrogens with zero attached hydrogens (tertiary/aromatic N) is 10. The number of fused-ring (bicyclic) bond motifs is 2. The fraction of sp³-hybridized carbons (Fsp3) is 0.500. The summed E-state index contributed by atoms with van der Waals surface area (Å²) in [5.41, 5.74) is 1.36. The summed E-state index contributed by atoms with van der Waals surface area (Å²) in [6, 6.07) is 20.7. The Morgan fingerprint density at radius 1 is 0.639 bits per heavy atom. The smallest absolute Gasteiger partial charge is 0.407 e. The van der Waals surface area contributed by atoms with Crippen molar-refractivity contribution in [2.24, 2.45) is 0 Å². The standard InChI is InChI=1S/C52H68N12O15P2Si2/c1-51(2,3)82(7,8)78-41-39(35(27-65)74-49(41)63-31-59-37-43(55-29-57-45(37)63)61-47(66)33-19-13-11-14-20-33)77-81(70,72-26-18-24-54)73-28-36-40(76-80(68,69)71-25-17-23-53)42(79-83(9,10)52(4,5)6)50(75-36)64-32-60-38-44(56-30-58-46(38)64)62-48(67)34-21-15-12-16-22-34/h11-16,19-22,29-32,35-36,39-42,49-50,65H,17-18,25-28H2,1-10H3,(H,68,69)(H,55,57,61,66)(H,56,58,62,67)/t35-,36+,39-,40+,41-,42+,49-,50+,81?/m0/s1. The average Bonchev–Trinajstić information content (AvgIpc) is 4.36. The molecule has 4 N–H and O–H groups in total. The molecule has 27 nitrogen and oxygen atoms in total. The van der Waals surface area contributed by atoms with Gasteiger partial charge in [0.05, 0.1) is 64.1 Å². The molecule has 2 unspecified atom stereocenters. The van der Waals surface area contributed by atoms with Crippen molar-refractivity contribution in [1.29, 1.82) is 10.5 Å². The van der Waals surface area contributed by atoms with Crippen LogP contribution in [0.4, 0.5) is 11.6 Å². The summed E-state index contributed by atoms with van der Waals surface area (Å²) in [5.74, 6) is -0.790. The van der Waals surface area contributed by atoms with Gasteiger partial charge in [0.25, 0.3) is 11.8 Å². The summed E-state index contributed by atoms with van der Waals surface area (Å²) in [6.45, 7) is 17.2. The first-order valence-corrected chi connectivity index (χ1v) is 35.3. The van der Waals surface area contributed by atoms with Crippen LogP contribution in [0.5, 0.6) is 0 Å². The lowest BCUT2D eigenvalue weighted by Gasteiger charge is -2.41. The number of phosphoric acid groups is 2. The van der Waals surface area contributed by atoms with Gasteiger partial charge in [-0.15, -0.1) is 0 Å². The Morgan fingerprint density at radius 2 is 1.07 bits per heavy atom. The van der Waals surface area contributed by atoms with Crippen molar-refractivity contribution in [3.63, 3.8) is 0 Å². The number of carbonyl (C=O) groups excluding carboxylic acids is 2. The second-order valence-electron chi connectivity index (χ2n) is 22.6. The van der Waals surface area contributed by atoms with Gasteiger partial charge < -0.3 is 39.0 Å². The third-order valence-corrected chi connectivity index (χ3v) is 26.3. The van der Waals surface area contributed by atoms with Crippen LogP contribution in [0.25, 0.3) is 22.3 Å². The molecule has 0 aliphatic carbocycles. The van der Waals surface area contributed by atoms with Crippen LogP contribution in [0, 0.1) is 22.7 Å². The van der Waals surface area contributed by atoms with Crippen LogP contribution in [0.2, 0.25) is 36.3 Å². The average molecular weight is 1220 g/mol. The highest BCUT2D eigenvalue weighted by molar-refractivity contribution is 7.48. The number of carbonyl (C=O) groups is 2. The number of aliphatic hydroxyl groups is 1. The topological polar surface area (TPSA) is 351 Å².